The summed E-state index contributed by atoms with van der Waals surface area (Å²) in [7, 11) is 0. The first-order chi connectivity index (χ1) is 25.6. The number of aliphatic carboxylic acids is 1. The van der Waals surface area contributed by atoms with E-state index in [1.807, 2.05) is 0 Å². The van der Waals surface area contributed by atoms with Gasteiger partial charge in [-0.25, -0.2) is 14.1 Å². The van der Waals surface area contributed by atoms with E-state index in [-0.39, 0.29) is 18.4 Å². The highest BCUT2D eigenvalue weighted by Crippen LogP contribution is 2.34. The lowest BCUT2D eigenvalue weighted by Gasteiger charge is -2.29. The van der Waals surface area contributed by atoms with Crippen molar-refractivity contribution < 1.29 is 34.1 Å². The van der Waals surface area contributed by atoms with Crippen LogP contribution in [0.2, 0.25) is 10.0 Å². The number of carbonyl (C=O) groups is 3. The van der Waals surface area contributed by atoms with Gasteiger partial charge in [-0.2, -0.15) is 0 Å². The van der Waals surface area contributed by atoms with Crippen molar-refractivity contribution in [3.63, 3.8) is 0 Å². The van der Waals surface area contributed by atoms with Gasteiger partial charge in [-0.15, -0.1) is 0 Å². The molecule has 14 heteroatoms. The van der Waals surface area contributed by atoms with Crippen LogP contribution in [0.4, 0.5) is 15.8 Å². The molecule has 0 spiro atoms. The molecule has 3 rings (SSSR count). The van der Waals surface area contributed by atoms with Crippen molar-refractivity contribution in [3.8, 4) is 0 Å². The average molecular weight is 801 g/mol. The fourth-order valence-electron chi connectivity index (χ4n) is 5.33. The summed E-state index contributed by atoms with van der Waals surface area (Å²) in [5.41, 5.74) is 5.43. The Balaban J connectivity index is 0.000000497. The number of amides is 2. The highest BCUT2D eigenvalue weighted by Gasteiger charge is 2.35. The summed E-state index contributed by atoms with van der Waals surface area (Å²) in [6, 6.07) is 11.4. The number of hydrogen-bond donors (Lipinski definition) is 5. The lowest BCUT2D eigenvalue weighted by molar-refractivity contribution is -0.149. The summed E-state index contributed by atoms with van der Waals surface area (Å²) >= 11 is 12.2. The summed E-state index contributed by atoms with van der Waals surface area (Å²) in [6.45, 7) is 33.6. The maximum Gasteiger partial charge on any atom is 0.309 e. The van der Waals surface area contributed by atoms with E-state index in [0.717, 1.165) is 17.7 Å². The maximum absolute atomic E-state index is 13.0. The molecule has 0 unspecified atom stereocenters. The van der Waals surface area contributed by atoms with Gasteiger partial charge in [-0.3, -0.25) is 25.2 Å². The van der Waals surface area contributed by atoms with Crippen LogP contribution in [0, 0.1) is 44.6 Å². The molecule has 2 atom stereocenters. The summed E-state index contributed by atoms with van der Waals surface area (Å²) in [6.07, 6.45) is 0.314. The van der Waals surface area contributed by atoms with E-state index >= 15 is 0 Å². The Kier molecular flexibility index (Phi) is 19.5. The Bertz CT molecular complexity index is 1850. The Labute approximate surface area is 334 Å². The van der Waals surface area contributed by atoms with Crippen LogP contribution in [0.25, 0.3) is 9.69 Å². The van der Waals surface area contributed by atoms with Gasteiger partial charge in [0.1, 0.15) is 5.82 Å². The third kappa shape index (κ3) is 14.9. The monoisotopic (exact) mass is 799 g/mol. The average Bonchev–Trinajstić information content (AvgIpc) is 3.12. The molecule has 11 nitrogen and oxygen atoms in total. The van der Waals surface area contributed by atoms with Crippen molar-refractivity contribution >= 4 is 52.4 Å². The van der Waals surface area contributed by atoms with E-state index < -0.39 is 46.6 Å². The fraction of sp³-hybridized carbons (Fsp3) is 0.439. The number of aliphatic hydroxyl groups is 2. The van der Waals surface area contributed by atoms with Gasteiger partial charge in [0.05, 0.1) is 46.2 Å². The molecule has 0 aromatic heterocycles. The van der Waals surface area contributed by atoms with Crippen LogP contribution in [0.5, 0.6) is 0 Å². The Morgan fingerprint density at radius 2 is 1.15 bits per heavy atom. The second-order valence-electron chi connectivity index (χ2n) is 13.8. The number of hydrazine groups is 1. The first-order valence-corrected chi connectivity index (χ1v) is 18.4. The van der Waals surface area contributed by atoms with Crippen LogP contribution in [-0.2, 0) is 22.4 Å². The second kappa shape index (κ2) is 22.1. The van der Waals surface area contributed by atoms with Crippen molar-refractivity contribution in [2.24, 2.45) is 11.8 Å². The van der Waals surface area contributed by atoms with Gasteiger partial charge in [0.15, 0.2) is 0 Å². The van der Waals surface area contributed by atoms with E-state index in [4.69, 9.17) is 36.3 Å². The molecular formula is C41H52Cl2FN5O6. The van der Waals surface area contributed by atoms with Crippen molar-refractivity contribution in [2.75, 3.05) is 19.6 Å². The van der Waals surface area contributed by atoms with Gasteiger partial charge in [0.25, 0.3) is 5.91 Å². The number of rotatable bonds is 12. The molecule has 0 aliphatic rings. The summed E-state index contributed by atoms with van der Waals surface area (Å²) in [4.78, 5) is 45.0. The van der Waals surface area contributed by atoms with Gasteiger partial charge < -0.3 is 20.2 Å². The normalized spacial score (nSPS) is 12.1. The topological polar surface area (TPSA) is 148 Å². The highest BCUT2D eigenvalue weighted by molar-refractivity contribution is 6.34. The number of carbonyl (C=O) groups excluding carboxylic acids is 2. The number of nitrogens with one attached hydrogen (secondary N) is 2. The number of nitrogens with zero attached hydrogens (tertiary/aromatic N) is 3. The summed E-state index contributed by atoms with van der Waals surface area (Å²) in [5.74, 6) is -4.60. The Morgan fingerprint density at radius 3 is 1.47 bits per heavy atom. The third-order valence-electron chi connectivity index (χ3n) is 9.11. The van der Waals surface area contributed by atoms with Crippen LogP contribution in [0.3, 0.4) is 0 Å². The van der Waals surface area contributed by atoms with Gasteiger partial charge in [-0.1, -0.05) is 68.2 Å². The highest BCUT2D eigenvalue weighted by atomic mass is 35.5. The van der Waals surface area contributed by atoms with Crippen LogP contribution in [0.1, 0.15) is 81.1 Å². The Hall–Kier alpha value is -4.56. The minimum Gasteiger partial charge on any atom is -0.481 e. The fourth-order valence-corrected chi connectivity index (χ4v) is 5.78. The largest absolute Gasteiger partial charge is 0.481 e. The van der Waals surface area contributed by atoms with Crippen molar-refractivity contribution in [3.05, 3.63) is 115 Å². The van der Waals surface area contributed by atoms with Crippen molar-refractivity contribution in [2.45, 2.75) is 86.4 Å². The molecule has 0 aliphatic carbocycles. The van der Waals surface area contributed by atoms with Crippen LogP contribution < -0.4 is 10.9 Å². The van der Waals surface area contributed by atoms with E-state index in [9.17, 15) is 34.1 Å². The summed E-state index contributed by atoms with van der Waals surface area (Å²) in [5, 5.41) is 30.2. The van der Waals surface area contributed by atoms with E-state index in [1.54, 1.807) is 38.1 Å². The van der Waals surface area contributed by atoms with E-state index in [0.29, 0.717) is 38.1 Å². The zero-order valence-corrected chi connectivity index (χ0v) is 34.4. The zero-order valence-electron chi connectivity index (χ0n) is 32.9. The third-order valence-corrected chi connectivity index (χ3v) is 10.1. The smallest absolute Gasteiger partial charge is 0.309 e. The lowest BCUT2D eigenvalue weighted by atomic mass is 9.84. The Morgan fingerprint density at radius 1 is 0.745 bits per heavy atom. The van der Waals surface area contributed by atoms with Gasteiger partial charge in [-0.05, 0) is 121 Å². The van der Waals surface area contributed by atoms with Gasteiger partial charge >= 0.3 is 5.97 Å². The first kappa shape index (κ1) is 48.5. The minimum atomic E-state index is -1.40. The maximum atomic E-state index is 13.0. The van der Waals surface area contributed by atoms with Crippen LogP contribution in [0.15, 0.2) is 48.5 Å². The molecule has 0 bridgehead atoms. The molecule has 3 aromatic carbocycles. The van der Waals surface area contributed by atoms with Crippen molar-refractivity contribution in [1.82, 2.24) is 15.8 Å². The molecule has 0 radical (unpaired) electrons. The first-order valence-electron chi connectivity index (χ1n) is 17.6. The van der Waals surface area contributed by atoms with Crippen LogP contribution in [-0.4, -0.2) is 68.8 Å². The summed E-state index contributed by atoms with van der Waals surface area (Å²) < 4.78 is 13.0. The number of hydrogen-bond acceptors (Lipinski definition) is 6. The minimum absolute atomic E-state index is 0.144. The zero-order chi connectivity index (χ0) is 42.3. The molecule has 2 amide bonds. The van der Waals surface area contributed by atoms with Gasteiger partial charge in [0, 0.05) is 5.56 Å². The number of benzene rings is 3. The molecule has 0 fully saturated rings. The molecule has 0 saturated carbocycles. The standard InChI is InChI=1S/C21H21ClFN3O3.C14H16ClNO3.C6H15N/c1-12-14(7-10-17(24-4)18(12)22)11-16(21(2,3)29)20(28)26-25-19(27)13-5-8-15(23)9-6-13;1-8-9(5-6-11(16-4)12(8)15)7-10(13(17)18)14(2,3)19;1-4-7(5-2)6-3/h5-10,16,29H,11H2,1-3H3,(H,25,27)(H,26,28);5-6,10,19H,7H2,1-3H3,(H,17,18);4-6H2,1-3H3/t16-;10-;/m00./s1. The number of halogens is 3. The second-order valence-corrected chi connectivity index (χ2v) is 14.6. The molecule has 298 valence electrons. The molecule has 5 N–H and O–H groups in total. The molecule has 0 aliphatic heterocycles. The molecule has 55 heavy (non-hydrogen) atoms. The lowest BCUT2D eigenvalue weighted by Crippen LogP contribution is -2.50. The predicted molar refractivity (Wildman–Crippen MR) is 215 cm³/mol. The molecule has 0 heterocycles. The SMILES string of the molecule is CCN(CC)CC.[C-]#[N+]c1ccc(C[C@@H](C(=O)NNC(=O)c2ccc(F)cc2)C(C)(C)O)c(C)c1Cl.[C-]#[N+]c1ccc(C[C@@H](C(=O)O)C(C)(C)O)c(C)c1Cl. The molecule has 0 saturated heterocycles. The van der Waals surface area contributed by atoms with E-state index in [2.05, 4.69) is 46.2 Å². The van der Waals surface area contributed by atoms with Crippen molar-refractivity contribution in [1.29, 1.82) is 0 Å². The number of carboxylic acids is 1. The quantitative estimate of drug-likeness (QED) is 0.0915. The number of carboxylic acid groups (broad SMARTS) is 1. The predicted octanol–water partition coefficient (Wildman–Crippen LogP) is 8.29. The molecular weight excluding hydrogens is 748 g/mol. The molecule has 3 aromatic rings. The van der Waals surface area contributed by atoms with Gasteiger partial charge in [0.2, 0.25) is 17.3 Å². The van der Waals surface area contributed by atoms with Crippen LogP contribution >= 0.6 is 23.2 Å². The van der Waals surface area contributed by atoms with E-state index in [1.165, 1.54) is 59.5 Å².